The third kappa shape index (κ3) is 7.31. The Balaban J connectivity index is 1.20. The molecule has 2 aliphatic rings. The molecule has 8 nitrogen and oxygen atoms in total. The minimum atomic E-state index is -0.103. The van der Waals surface area contributed by atoms with E-state index in [-0.39, 0.29) is 41.1 Å². The number of aryl methyl sites for hydroxylation is 1. The Labute approximate surface area is 239 Å². The van der Waals surface area contributed by atoms with Gasteiger partial charge in [-0.1, -0.05) is 53.7 Å². The zero-order chi connectivity index (χ0) is 27.9. The number of para-hydroxylation sites is 1. The van der Waals surface area contributed by atoms with E-state index in [4.69, 9.17) is 9.72 Å². The molecule has 2 aromatic carbocycles. The highest BCUT2D eigenvalue weighted by atomic mass is 32.2. The van der Waals surface area contributed by atoms with Crippen molar-refractivity contribution in [3.05, 3.63) is 70.0 Å². The van der Waals surface area contributed by atoms with Gasteiger partial charge >= 0.3 is 0 Å². The van der Waals surface area contributed by atoms with E-state index in [0.717, 1.165) is 50.7 Å². The van der Waals surface area contributed by atoms with Gasteiger partial charge in [0, 0.05) is 32.2 Å². The Kier molecular flexibility index (Phi) is 9.54. The number of amides is 2. The van der Waals surface area contributed by atoms with Crippen LogP contribution in [0.4, 0.5) is 0 Å². The monoisotopic (exact) mass is 562 g/mol. The zero-order valence-electron chi connectivity index (χ0n) is 23.1. The molecule has 1 saturated carbocycles. The standard InChI is InChI=1S/C31H38N4O4S/c1-21-8-10-22(11-9-21)17-32-28(36)20-40-31-34-27-7-3-2-6-26(27)30(38)35(31)19-23-12-14-24(15-13-23)29(37)33-18-25-5-4-16-39-25/h2-3,6-11,23-25H,4-5,12-20H2,1H3,(H,32,36)(H,33,37)/t23?,24?,25-/m0/s1. The quantitative estimate of drug-likeness (QED) is 0.284. The van der Waals surface area contributed by atoms with Gasteiger partial charge in [0.1, 0.15) is 0 Å². The van der Waals surface area contributed by atoms with E-state index in [9.17, 15) is 14.4 Å². The highest BCUT2D eigenvalue weighted by Crippen LogP contribution is 2.31. The lowest BCUT2D eigenvalue weighted by Gasteiger charge is -2.29. The van der Waals surface area contributed by atoms with Gasteiger partial charge in [-0.2, -0.15) is 0 Å². The van der Waals surface area contributed by atoms with E-state index in [1.807, 2.05) is 49.4 Å². The van der Waals surface area contributed by atoms with Gasteiger partial charge < -0.3 is 15.4 Å². The summed E-state index contributed by atoms with van der Waals surface area (Å²) in [4.78, 5) is 43.7. The van der Waals surface area contributed by atoms with Crippen LogP contribution >= 0.6 is 11.8 Å². The van der Waals surface area contributed by atoms with Crippen LogP contribution in [0.1, 0.15) is 49.7 Å². The summed E-state index contributed by atoms with van der Waals surface area (Å²) in [6.07, 6.45) is 5.58. The second-order valence-corrected chi connectivity index (χ2v) is 11.9. The van der Waals surface area contributed by atoms with Crippen molar-refractivity contribution in [2.24, 2.45) is 11.8 Å². The molecule has 1 aliphatic carbocycles. The van der Waals surface area contributed by atoms with Gasteiger partial charge in [0.25, 0.3) is 5.56 Å². The molecule has 3 aromatic rings. The summed E-state index contributed by atoms with van der Waals surface area (Å²) in [5.74, 6) is 0.474. The van der Waals surface area contributed by atoms with E-state index in [2.05, 4.69) is 10.6 Å². The molecule has 0 radical (unpaired) electrons. The fourth-order valence-electron chi connectivity index (χ4n) is 5.54. The SMILES string of the molecule is Cc1ccc(CNC(=O)CSc2nc3ccccc3c(=O)n2CC2CCC(C(=O)NC[C@@H]3CCCO3)CC2)cc1. The van der Waals surface area contributed by atoms with E-state index in [1.54, 1.807) is 10.6 Å². The maximum absolute atomic E-state index is 13.5. The molecule has 0 unspecified atom stereocenters. The van der Waals surface area contributed by atoms with Gasteiger partial charge in [-0.25, -0.2) is 4.98 Å². The molecule has 9 heteroatoms. The van der Waals surface area contributed by atoms with Gasteiger partial charge in [-0.3, -0.25) is 19.0 Å². The minimum Gasteiger partial charge on any atom is -0.376 e. The molecule has 2 heterocycles. The summed E-state index contributed by atoms with van der Waals surface area (Å²) < 4.78 is 7.36. The summed E-state index contributed by atoms with van der Waals surface area (Å²) >= 11 is 1.30. The van der Waals surface area contributed by atoms with Crippen LogP contribution < -0.4 is 16.2 Å². The molecule has 2 N–H and O–H groups in total. The van der Waals surface area contributed by atoms with Gasteiger partial charge in [-0.05, 0) is 69.1 Å². The number of fused-ring (bicyclic) bond motifs is 1. The Bertz CT molecular complexity index is 1380. The lowest BCUT2D eigenvalue weighted by molar-refractivity contribution is -0.126. The van der Waals surface area contributed by atoms with E-state index in [0.29, 0.717) is 35.7 Å². The van der Waals surface area contributed by atoms with Crippen LogP contribution in [-0.4, -0.2) is 46.4 Å². The van der Waals surface area contributed by atoms with Crippen molar-refractivity contribution in [2.75, 3.05) is 18.9 Å². The smallest absolute Gasteiger partial charge is 0.262 e. The summed E-state index contributed by atoms with van der Waals surface area (Å²) in [7, 11) is 0. The Morgan fingerprint density at radius 2 is 1.80 bits per heavy atom. The molecule has 2 amide bonds. The van der Waals surface area contributed by atoms with E-state index >= 15 is 0 Å². The number of nitrogens with one attached hydrogen (secondary N) is 2. The fourth-order valence-corrected chi connectivity index (χ4v) is 6.37. The maximum Gasteiger partial charge on any atom is 0.262 e. The number of aromatic nitrogens is 2. The first kappa shape index (κ1) is 28.4. The highest BCUT2D eigenvalue weighted by molar-refractivity contribution is 7.99. The van der Waals surface area contributed by atoms with Gasteiger partial charge in [-0.15, -0.1) is 0 Å². The number of carbonyl (C=O) groups excluding carboxylic acids is 2. The molecular weight excluding hydrogens is 524 g/mol. The molecule has 1 saturated heterocycles. The Morgan fingerprint density at radius 3 is 2.55 bits per heavy atom. The number of rotatable bonds is 10. The van der Waals surface area contributed by atoms with Crippen molar-refractivity contribution < 1.29 is 14.3 Å². The molecule has 0 spiro atoms. The summed E-state index contributed by atoms with van der Waals surface area (Å²) in [6.45, 7) is 4.41. The second kappa shape index (κ2) is 13.5. The molecule has 1 aromatic heterocycles. The average molecular weight is 563 g/mol. The average Bonchev–Trinajstić information content (AvgIpc) is 3.50. The first-order valence-corrected chi connectivity index (χ1v) is 15.3. The zero-order valence-corrected chi connectivity index (χ0v) is 23.9. The molecule has 1 atom stereocenters. The van der Waals surface area contributed by atoms with Crippen LogP contribution in [0.2, 0.25) is 0 Å². The van der Waals surface area contributed by atoms with Gasteiger partial charge in [0.05, 0.1) is 22.8 Å². The van der Waals surface area contributed by atoms with Crippen LogP contribution in [0.25, 0.3) is 10.9 Å². The van der Waals surface area contributed by atoms with Crippen molar-refractivity contribution in [3.8, 4) is 0 Å². The third-order valence-electron chi connectivity index (χ3n) is 7.96. The number of hydrogen-bond donors (Lipinski definition) is 2. The molecule has 212 valence electrons. The van der Waals surface area contributed by atoms with Crippen LogP contribution in [0.15, 0.2) is 58.5 Å². The molecule has 2 fully saturated rings. The van der Waals surface area contributed by atoms with Crippen molar-refractivity contribution in [1.82, 2.24) is 20.2 Å². The third-order valence-corrected chi connectivity index (χ3v) is 8.93. The lowest BCUT2D eigenvalue weighted by atomic mass is 9.81. The summed E-state index contributed by atoms with van der Waals surface area (Å²) in [6, 6.07) is 15.4. The second-order valence-electron chi connectivity index (χ2n) is 11.0. The van der Waals surface area contributed by atoms with Gasteiger partial charge in [0.2, 0.25) is 11.8 Å². The summed E-state index contributed by atoms with van der Waals surface area (Å²) in [5, 5.41) is 7.18. The lowest BCUT2D eigenvalue weighted by Crippen LogP contribution is -2.38. The maximum atomic E-state index is 13.5. The van der Waals surface area contributed by atoms with Crippen molar-refractivity contribution in [3.63, 3.8) is 0 Å². The number of ether oxygens (including phenoxy) is 1. The van der Waals surface area contributed by atoms with E-state index < -0.39 is 0 Å². The van der Waals surface area contributed by atoms with Crippen molar-refractivity contribution in [2.45, 2.75) is 69.8 Å². The van der Waals surface area contributed by atoms with Crippen molar-refractivity contribution >= 4 is 34.5 Å². The fraction of sp³-hybridized carbons (Fsp3) is 0.484. The number of thioether (sulfide) groups is 1. The van der Waals surface area contributed by atoms with Gasteiger partial charge in [0.15, 0.2) is 5.16 Å². The van der Waals surface area contributed by atoms with Crippen molar-refractivity contribution in [1.29, 1.82) is 0 Å². The molecule has 1 aliphatic heterocycles. The normalized spacial score (nSPS) is 20.9. The number of hydrogen-bond acceptors (Lipinski definition) is 6. The molecule has 5 rings (SSSR count). The number of carbonyl (C=O) groups is 2. The predicted molar refractivity (Wildman–Crippen MR) is 157 cm³/mol. The van der Waals surface area contributed by atoms with Crippen LogP contribution in [0, 0.1) is 18.8 Å². The largest absolute Gasteiger partial charge is 0.376 e. The molecule has 40 heavy (non-hydrogen) atoms. The topological polar surface area (TPSA) is 102 Å². The minimum absolute atomic E-state index is 0.00942. The number of benzene rings is 2. The predicted octanol–water partition coefficient (Wildman–Crippen LogP) is 4.22. The first-order valence-electron chi connectivity index (χ1n) is 14.3. The Morgan fingerprint density at radius 1 is 1.02 bits per heavy atom. The van der Waals surface area contributed by atoms with Crippen LogP contribution in [-0.2, 0) is 27.4 Å². The molecule has 0 bridgehead atoms. The highest BCUT2D eigenvalue weighted by Gasteiger charge is 2.28. The first-order chi connectivity index (χ1) is 19.5. The van der Waals surface area contributed by atoms with Crippen LogP contribution in [0.3, 0.4) is 0 Å². The van der Waals surface area contributed by atoms with E-state index in [1.165, 1.54) is 17.3 Å². The van der Waals surface area contributed by atoms with Crippen LogP contribution in [0.5, 0.6) is 0 Å². The molecular formula is C31H38N4O4S. The Hall–Kier alpha value is -3.17. The summed E-state index contributed by atoms with van der Waals surface area (Å²) in [5.41, 5.74) is 2.78. The number of nitrogens with zero attached hydrogens (tertiary/aromatic N) is 2.